The summed E-state index contributed by atoms with van der Waals surface area (Å²) in [6.45, 7) is 4.52. The molecule has 11 aromatic rings. The van der Waals surface area contributed by atoms with Crippen molar-refractivity contribution in [2.75, 3.05) is 0 Å². The number of rotatable bonds is 8. The molecule has 8 aromatic carbocycles. The summed E-state index contributed by atoms with van der Waals surface area (Å²) < 4.78 is 128. The van der Waals surface area contributed by atoms with E-state index in [4.69, 9.17) is 34.3 Å². The van der Waals surface area contributed by atoms with Crippen molar-refractivity contribution < 1.29 is 63.6 Å². The molecule has 28 heteroatoms. The maximum absolute atomic E-state index is 12.8. The Labute approximate surface area is 480 Å². The average molecular weight is 1240 g/mol. The zero-order valence-corrected chi connectivity index (χ0v) is 48.0. The zero-order chi connectivity index (χ0) is 56.7. The number of aromatic nitrogens is 4. The molecule has 411 valence electrons. The molecule has 0 saturated heterocycles. The number of hydrogen-bond acceptors (Lipinski definition) is 19. The van der Waals surface area contributed by atoms with Gasteiger partial charge in [-0.2, -0.15) is 0 Å². The first-order chi connectivity index (χ1) is 39.3. The Balaban J connectivity index is 0.000000592. The van der Waals surface area contributed by atoms with Gasteiger partial charge in [0, 0.05) is 0 Å². The molecule has 2 N–H and O–H groups in total. The Morgan fingerprint density at radius 1 is 0.554 bits per heavy atom. The van der Waals surface area contributed by atoms with Crippen molar-refractivity contribution in [1.82, 2.24) is 11.1 Å². The van der Waals surface area contributed by atoms with Crippen LogP contribution in [-0.2, 0) is 53.3 Å². The van der Waals surface area contributed by atoms with Crippen LogP contribution in [0.3, 0.4) is 0 Å². The number of allylic oxidation sites excluding steroid dienone is 1. The van der Waals surface area contributed by atoms with E-state index in [9.17, 15) is 44.2 Å². The molecule has 23 nitrogen and oxygen atoms in total. The van der Waals surface area contributed by atoms with Crippen LogP contribution < -0.4 is 20.8 Å². The molecule has 4 aliphatic rings. The van der Waals surface area contributed by atoms with Gasteiger partial charge in [0.1, 0.15) is 18.9 Å². The Kier molecular flexibility index (Phi) is 12.8. The molecule has 1 radical (unpaired) electrons. The predicted molar refractivity (Wildman–Crippen MR) is 302 cm³/mol. The monoisotopic (exact) mass is 1240 g/mol. The van der Waals surface area contributed by atoms with Crippen LogP contribution in [-0.4, -0.2) is 96.7 Å². The minimum atomic E-state index is -5.02. The summed E-state index contributed by atoms with van der Waals surface area (Å²) in [4.78, 5) is 30.2. The first kappa shape index (κ1) is 53.9. The second-order valence-corrected chi connectivity index (χ2v) is 26.7. The van der Waals surface area contributed by atoms with Crippen molar-refractivity contribution in [3.8, 4) is 0 Å². The molecule has 6 bridgehead atoms. The SMILES string of the molecule is C=CCn1cc[n+](C)c1.O.O=S(=O)([O-])c1cccc2cc3c(cc12)C1=Nc2c4cc5cccc(S(=O)(=O)[O-])c5cc4c4[n]2[Ga][n]2c(c5cc6cccc(S(=O)(=O)[O-])c6cc5c2=NC3=N1)=NC1=NC(=N4)c2cc3cccc(SOO[O-])c3cc21. The van der Waals surface area contributed by atoms with E-state index in [1.54, 1.807) is 60.7 Å². The van der Waals surface area contributed by atoms with Gasteiger partial charge in [-0.15, -0.1) is 0 Å². The van der Waals surface area contributed by atoms with Crippen LogP contribution in [0.5, 0.6) is 0 Å². The van der Waals surface area contributed by atoms with Crippen LogP contribution in [0, 0.1) is 0 Å². The van der Waals surface area contributed by atoms with Crippen molar-refractivity contribution in [2.45, 2.75) is 26.1 Å². The fourth-order valence-corrected chi connectivity index (χ4v) is 16.5. The maximum atomic E-state index is 12.8. The Morgan fingerprint density at radius 2 is 0.988 bits per heavy atom. The topological polar surface area (TPSA) is 337 Å². The number of aliphatic imine (C=N–C) groups is 4. The van der Waals surface area contributed by atoms with Crippen LogP contribution in [0.2, 0.25) is 0 Å². The third kappa shape index (κ3) is 8.94. The summed E-state index contributed by atoms with van der Waals surface area (Å²) in [7, 11) is -13.0. The predicted octanol–water partition coefficient (Wildman–Crippen LogP) is 4.70. The number of hydrogen-bond donors (Lipinski definition) is 0. The van der Waals surface area contributed by atoms with Crippen LogP contribution in [0.15, 0.2) is 202 Å². The molecule has 0 aliphatic carbocycles. The van der Waals surface area contributed by atoms with Gasteiger partial charge in [0.15, 0.2) is 0 Å². The molecular weight excluding hydrogens is 1210 g/mol. The fourth-order valence-electron chi connectivity index (χ4n) is 10.9. The van der Waals surface area contributed by atoms with E-state index >= 15 is 0 Å². The molecular formula is C55H33GaN10O13S4-3. The number of fused-ring (bicyclic) bond motifs is 18. The van der Waals surface area contributed by atoms with E-state index in [2.05, 4.69) is 16.2 Å². The third-order valence-corrected chi connectivity index (χ3v) is 20.7. The molecule has 4 aliphatic heterocycles. The number of amidine groups is 4. The Morgan fingerprint density at radius 3 is 1.49 bits per heavy atom. The van der Waals surface area contributed by atoms with Crippen molar-refractivity contribution in [3.63, 3.8) is 0 Å². The average Bonchev–Trinajstić information content (AvgIpc) is 1.96. The molecule has 0 saturated carbocycles. The van der Waals surface area contributed by atoms with E-state index in [0.717, 1.165) is 6.54 Å². The molecule has 7 heterocycles. The first-order valence-corrected chi connectivity index (χ1v) is 31.6. The normalized spacial score (nSPS) is 14.1. The molecule has 0 atom stereocenters. The van der Waals surface area contributed by atoms with Gasteiger partial charge >= 0.3 is 424 Å². The molecule has 3 aromatic heterocycles. The molecule has 83 heavy (non-hydrogen) atoms. The second-order valence-electron chi connectivity index (χ2n) is 19.3. The van der Waals surface area contributed by atoms with E-state index in [1.807, 2.05) is 61.2 Å². The standard InChI is InChI=1S/C48H24N8O12S4.C7H11N2.Ga.H2O/c57-67-68-69-37-9-1-5-21-13-29-33(17-25(21)37)45-49-41(29)51-46-35-19-27-23(7-3-11-39(27)71(61,62)63)15-31(35)43(53-46)55-48-36-20-28-24(8-4-12-40(28)72(64,65)66)16-32(36)44(56-48)54-47-34-18-26-22(14-30(34)42(50-45)52-47)6-2-10-38(26)70(58,59)60;1-3-4-9-6-5-8(2)7-9;;/h1-20H,(H4-2,49,50,51,52,53,54,55,56,57,58,59,60,61,62,63,64,65,66);3,5-7H,1,4H2,2H3;;1H2/q-2;+1;+2;/p-4. The van der Waals surface area contributed by atoms with Gasteiger partial charge in [-0.25, -0.2) is 9.13 Å². The summed E-state index contributed by atoms with van der Waals surface area (Å²) in [5.74, 6) is 1.07. The summed E-state index contributed by atoms with van der Waals surface area (Å²) in [6.07, 6.45) is 7.91. The van der Waals surface area contributed by atoms with Crippen molar-refractivity contribution >= 4 is 160 Å². The molecule has 15 rings (SSSR count). The van der Waals surface area contributed by atoms with Crippen molar-refractivity contribution in [2.24, 2.45) is 37.0 Å². The number of benzene rings is 8. The van der Waals surface area contributed by atoms with Gasteiger partial charge in [-0.05, 0) is 0 Å². The number of imidazole rings is 1. The molecule has 0 fully saturated rings. The van der Waals surface area contributed by atoms with E-state index in [-0.39, 0.29) is 62.1 Å². The molecule has 0 amide bonds. The van der Waals surface area contributed by atoms with Gasteiger partial charge in [0.2, 0.25) is 6.33 Å². The van der Waals surface area contributed by atoms with Crippen molar-refractivity contribution in [3.05, 3.63) is 186 Å². The summed E-state index contributed by atoms with van der Waals surface area (Å²) in [6, 6.07) is 31.7. The summed E-state index contributed by atoms with van der Waals surface area (Å²) in [5, 5.41) is 19.1. The molecule has 0 spiro atoms. The quantitative estimate of drug-likeness (QED) is 0.0379. The van der Waals surface area contributed by atoms with E-state index < -0.39 is 62.9 Å². The number of aryl methyl sites for hydroxylation is 1. The van der Waals surface area contributed by atoms with Crippen LogP contribution >= 0.6 is 12.0 Å². The van der Waals surface area contributed by atoms with Crippen molar-refractivity contribution in [1.29, 1.82) is 0 Å². The third-order valence-electron chi connectivity index (χ3n) is 14.4. The molecule has 0 unspecified atom stereocenters. The minimum absolute atomic E-state index is 0. The van der Waals surface area contributed by atoms with Crippen LogP contribution in [0.1, 0.15) is 22.3 Å². The Hall–Kier alpha value is -8.33. The van der Waals surface area contributed by atoms with E-state index in [1.165, 1.54) is 42.5 Å². The van der Waals surface area contributed by atoms with Crippen LogP contribution in [0.25, 0.3) is 64.6 Å². The van der Waals surface area contributed by atoms with Crippen LogP contribution in [0.4, 0.5) is 11.6 Å². The van der Waals surface area contributed by atoms with Gasteiger partial charge in [-0.1, -0.05) is 12.7 Å². The summed E-state index contributed by atoms with van der Waals surface area (Å²) in [5.41, 5.74) is 2.28. The summed E-state index contributed by atoms with van der Waals surface area (Å²) >= 11 is -1.74. The van der Waals surface area contributed by atoms with Gasteiger partial charge in [-0.3, -0.25) is 0 Å². The van der Waals surface area contributed by atoms with E-state index in [0.29, 0.717) is 93.2 Å². The second kappa shape index (κ2) is 19.7. The fraction of sp³-hybridized carbons (Fsp3) is 0.0364. The first-order valence-electron chi connectivity index (χ1n) is 24.5. The van der Waals surface area contributed by atoms with Gasteiger partial charge < -0.3 is 5.48 Å². The zero-order valence-electron chi connectivity index (χ0n) is 42.4. The van der Waals surface area contributed by atoms with Gasteiger partial charge in [0.25, 0.3) is 0 Å². The Bertz CT molecular complexity index is 5430. The van der Waals surface area contributed by atoms with Gasteiger partial charge in [0.05, 0.1) is 7.05 Å². The number of nitrogens with zero attached hydrogens (tertiary/aromatic N) is 10.